The second-order valence-corrected chi connectivity index (χ2v) is 20.2. The number of aliphatic hydroxyl groups is 1. The van der Waals surface area contributed by atoms with Crippen molar-refractivity contribution in [1.29, 1.82) is 0 Å². The molecule has 2 unspecified atom stereocenters. The number of likely N-dealkylation sites (tertiary alicyclic amines) is 1. The number of amides is 4. The lowest BCUT2D eigenvalue weighted by Gasteiger charge is -2.30. The molecular weight excluding hydrogens is 958 g/mol. The maximum Gasteiger partial charge on any atom is 0.474 e. The van der Waals surface area contributed by atoms with Crippen LogP contribution in [0.2, 0.25) is 0 Å². The fourth-order valence-electron chi connectivity index (χ4n) is 8.84. The van der Waals surface area contributed by atoms with E-state index in [-0.39, 0.29) is 94.3 Å². The van der Waals surface area contributed by atoms with Crippen LogP contribution in [0.1, 0.15) is 71.0 Å². The Balaban J connectivity index is 0.791. The fourth-order valence-corrected chi connectivity index (χ4v) is 10.9. The van der Waals surface area contributed by atoms with Crippen molar-refractivity contribution in [1.82, 2.24) is 25.3 Å². The number of aliphatic hydroxyl groups excluding tert-OH is 1. The van der Waals surface area contributed by atoms with Gasteiger partial charge in [-0.1, -0.05) is 0 Å². The van der Waals surface area contributed by atoms with E-state index in [0.29, 0.717) is 42.2 Å². The van der Waals surface area contributed by atoms with Gasteiger partial charge >= 0.3 is 19.5 Å². The number of aromatic carboxylic acids is 1. The maximum absolute atomic E-state index is 13.4. The second kappa shape index (κ2) is 20.9. The molecule has 2 saturated heterocycles. The zero-order valence-corrected chi connectivity index (χ0v) is 39.3. The van der Waals surface area contributed by atoms with E-state index in [0.717, 1.165) is 23.4 Å². The number of nitrogens with zero attached hydrogens (tertiary/aromatic N) is 2. The molecule has 70 heavy (non-hydrogen) atoms. The van der Waals surface area contributed by atoms with Crippen molar-refractivity contribution in [2.75, 3.05) is 32.6 Å². The van der Waals surface area contributed by atoms with E-state index in [1.807, 2.05) is 0 Å². The molecule has 0 radical (unpaired) electrons. The van der Waals surface area contributed by atoms with E-state index in [1.165, 1.54) is 72.6 Å². The Morgan fingerprint density at radius 3 is 2.47 bits per heavy atom. The number of phenolic OH excluding ortho intramolecular Hbond substituents is 1. The number of carbonyl (C=O) groups is 5. The molecule has 1 saturated carbocycles. The molecule has 22 nitrogen and oxygen atoms in total. The van der Waals surface area contributed by atoms with Crippen LogP contribution in [-0.2, 0) is 37.3 Å². The van der Waals surface area contributed by atoms with Gasteiger partial charge in [0.25, 0.3) is 11.5 Å². The van der Waals surface area contributed by atoms with Crippen LogP contribution in [0.3, 0.4) is 0 Å². The average molecular weight is 1010 g/mol. The molecule has 24 heteroatoms. The van der Waals surface area contributed by atoms with Crippen molar-refractivity contribution in [2.24, 2.45) is 11.8 Å². The minimum absolute atomic E-state index is 0.00784. The van der Waals surface area contributed by atoms with E-state index in [9.17, 15) is 58.2 Å². The first-order valence-corrected chi connectivity index (χ1v) is 24.7. The lowest BCUT2D eigenvalue weighted by Crippen LogP contribution is -2.45. The number of carbonyl (C=O) groups excluding carboxylic acids is 4. The highest BCUT2D eigenvalue weighted by Gasteiger charge is 2.42. The first-order valence-electron chi connectivity index (χ1n) is 22.2. The summed E-state index contributed by atoms with van der Waals surface area (Å²) >= 11 is 1.14. The zero-order chi connectivity index (χ0) is 50.0. The van der Waals surface area contributed by atoms with Gasteiger partial charge in [-0.05, 0) is 86.6 Å². The topological polar surface area (TPSA) is 312 Å². The highest BCUT2D eigenvalue weighted by atomic mass is 32.2. The number of aromatic nitrogens is 2. The van der Waals surface area contributed by atoms with Gasteiger partial charge < -0.3 is 24.5 Å². The Morgan fingerprint density at radius 2 is 1.73 bits per heavy atom. The molecule has 4 amide bonds. The number of thioether (sulfide) groups is 1. The largest absolute Gasteiger partial charge is 0.508 e. The Hall–Kier alpha value is -6.46. The summed E-state index contributed by atoms with van der Waals surface area (Å²) in [5.41, 5.74) is 4.39. The number of nitrogens with one attached hydrogen (secondary N) is 3. The number of hydrogen-bond acceptors (Lipinski definition) is 17. The highest BCUT2D eigenvalue weighted by molar-refractivity contribution is 8.00. The SMILES string of the molecule is COP(=O)(OCCSC1CC(=O)N(CC2CCC(C(=O)NNC(=O)c3ccc(C(=O)O)c(-c4c5ccc(=O)cc-5oc5cc(O)ccc45)c3)CC2)C1=O)OC[C@H]1O[C@@H](n2cc(C)c(=O)[nH]c2=O)C[C@H]1O. The van der Waals surface area contributed by atoms with Crippen LogP contribution in [0, 0.1) is 18.8 Å². The van der Waals surface area contributed by atoms with Gasteiger partial charge in [0, 0.05) is 84.1 Å². The molecule has 0 spiro atoms. The average Bonchev–Trinajstić information content (AvgIpc) is 3.84. The van der Waals surface area contributed by atoms with E-state index < -0.39 is 73.1 Å². The predicted octanol–water partition coefficient (Wildman–Crippen LogP) is 3.69. The Morgan fingerprint density at radius 1 is 0.957 bits per heavy atom. The Kier molecular flexibility index (Phi) is 14.9. The minimum atomic E-state index is -4.16. The number of benzene rings is 3. The normalized spacial score (nSPS) is 22.4. The number of carboxylic acid groups (broad SMARTS) is 1. The molecule has 5 atom stereocenters. The molecule has 370 valence electrons. The van der Waals surface area contributed by atoms with Gasteiger partial charge in [-0.3, -0.25) is 67.6 Å². The van der Waals surface area contributed by atoms with E-state index in [4.69, 9.17) is 22.7 Å². The first-order chi connectivity index (χ1) is 33.4. The smallest absolute Gasteiger partial charge is 0.474 e. The monoisotopic (exact) mass is 1010 g/mol. The number of phosphoric acid groups is 1. The number of hydrogen-bond donors (Lipinski definition) is 6. The standard InChI is InChI=1S/C46H48N5O17PS/c1-23-20-51(46(62)47-41(23)56)39-18-33(54)36(68-39)22-66-69(63,64-2)65-13-14-70-37-19-38(55)50(44(37)59)21-24-3-5-25(6-4-24)42(57)48-49-43(58)26-7-10-29(45(60)61)32(15-26)40-30-11-8-27(52)16-34(30)67-35-17-28(53)9-12-31(35)40/h7-12,15-17,20,24-25,33,36-37,39,52,54H,3-6,13-14,18-19,21-22H2,1-2H3,(H,48,57)(H,49,58)(H,60,61)(H,47,56,62)/t24?,25?,33-,36-,37?,39-,69?/m1/s1. The van der Waals surface area contributed by atoms with Gasteiger partial charge in [0.15, 0.2) is 5.43 Å². The molecule has 4 heterocycles. The molecule has 2 aliphatic carbocycles. The van der Waals surface area contributed by atoms with Gasteiger partial charge in [-0.15, -0.1) is 11.8 Å². The number of imide groups is 1. The summed E-state index contributed by atoms with van der Waals surface area (Å²) in [6.45, 7) is 1.08. The van der Waals surface area contributed by atoms with E-state index >= 15 is 0 Å². The Bertz CT molecular complexity index is 3070. The summed E-state index contributed by atoms with van der Waals surface area (Å²) in [5, 5.41) is 30.5. The number of rotatable bonds is 16. The number of fused-ring (bicyclic) bond motifs is 2. The molecule has 3 aromatic rings. The van der Waals surface area contributed by atoms with Gasteiger partial charge in [0.1, 0.15) is 29.4 Å². The molecule has 5 aliphatic rings. The molecule has 8 rings (SSSR count). The van der Waals surface area contributed by atoms with Crippen LogP contribution in [0.25, 0.3) is 33.4 Å². The van der Waals surface area contributed by atoms with Gasteiger partial charge in [-0.25, -0.2) is 14.2 Å². The molecular formula is C46H48N5O17PS. The summed E-state index contributed by atoms with van der Waals surface area (Å²) in [5.74, 6) is -3.59. The second-order valence-electron chi connectivity index (χ2n) is 17.1. The Labute approximate surface area is 401 Å². The van der Waals surface area contributed by atoms with Crippen LogP contribution >= 0.6 is 19.6 Å². The lowest BCUT2D eigenvalue weighted by atomic mass is 9.81. The van der Waals surface area contributed by atoms with Gasteiger partial charge in [0.05, 0.1) is 30.1 Å². The number of hydrazine groups is 1. The summed E-state index contributed by atoms with van der Waals surface area (Å²) < 4.78 is 41.7. The van der Waals surface area contributed by atoms with Crippen molar-refractivity contribution in [3.63, 3.8) is 0 Å². The number of aromatic hydroxyl groups is 1. The zero-order valence-electron chi connectivity index (χ0n) is 37.6. The van der Waals surface area contributed by atoms with Crippen molar-refractivity contribution in [2.45, 2.75) is 69.1 Å². The maximum atomic E-state index is 13.4. The summed E-state index contributed by atoms with van der Waals surface area (Å²) in [7, 11) is -3.05. The first kappa shape index (κ1) is 49.9. The fraction of sp³-hybridized carbons (Fsp3) is 0.391. The van der Waals surface area contributed by atoms with Crippen LogP contribution in [0.15, 0.2) is 79.6 Å². The number of phosphoric ester groups is 1. The molecule has 6 N–H and O–H groups in total. The van der Waals surface area contributed by atoms with Crippen LogP contribution < -0.4 is 27.5 Å². The molecule has 1 aromatic heterocycles. The third-order valence-corrected chi connectivity index (χ3v) is 15.1. The van der Waals surface area contributed by atoms with Crippen molar-refractivity contribution in [3.05, 3.63) is 109 Å². The third kappa shape index (κ3) is 10.8. The summed E-state index contributed by atoms with van der Waals surface area (Å²) in [6.07, 6.45) is 0.0984. The summed E-state index contributed by atoms with van der Waals surface area (Å²) in [6, 6.07) is 12.2. The highest BCUT2D eigenvalue weighted by Crippen LogP contribution is 2.49. The quantitative estimate of drug-likeness (QED) is 0.0270. The van der Waals surface area contributed by atoms with Gasteiger partial charge in [0.2, 0.25) is 17.7 Å². The number of aryl methyl sites for hydroxylation is 1. The van der Waals surface area contributed by atoms with E-state index in [2.05, 4.69) is 15.8 Å². The van der Waals surface area contributed by atoms with Crippen LogP contribution in [-0.4, -0.2) is 109 Å². The molecule has 3 fully saturated rings. The van der Waals surface area contributed by atoms with E-state index in [1.54, 1.807) is 0 Å². The van der Waals surface area contributed by atoms with Crippen LogP contribution in [0.4, 0.5) is 0 Å². The molecule has 2 aromatic carbocycles. The minimum Gasteiger partial charge on any atom is -0.508 e. The summed E-state index contributed by atoms with van der Waals surface area (Å²) in [4.78, 5) is 105. The number of ether oxygens (including phenoxy) is 1. The lowest BCUT2D eigenvalue weighted by molar-refractivity contribution is -0.139. The van der Waals surface area contributed by atoms with Crippen molar-refractivity contribution >= 4 is 60.2 Å². The third-order valence-electron chi connectivity index (χ3n) is 12.6. The number of carboxylic acids is 1. The van der Waals surface area contributed by atoms with Gasteiger partial charge in [-0.2, -0.15) is 0 Å². The number of phenols is 1. The molecule has 0 bridgehead atoms. The van der Waals surface area contributed by atoms with Crippen LogP contribution in [0.5, 0.6) is 5.75 Å². The molecule has 3 aliphatic heterocycles. The predicted molar refractivity (Wildman–Crippen MR) is 249 cm³/mol. The number of aromatic amines is 1. The van der Waals surface area contributed by atoms with Crippen molar-refractivity contribution in [3.8, 4) is 28.2 Å². The van der Waals surface area contributed by atoms with Crippen molar-refractivity contribution < 1.29 is 66.6 Å². The number of H-pyrrole nitrogens is 1.